The Morgan fingerprint density at radius 1 is 1.29 bits per heavy atom. The lowest BCUT2D eigenvalue weighted by molar-refractivity contribution is -0.141. The number of para-hydroxylation sites is 1. The number of halogens is 1. The molecule has 0 aromatic heterocycles. The summed E-state index contributed by atoms with van der Waals surface area (Å²) in [5.74, 6) is -0.499. The van der Waals surface area contributed by atoms with Crippen LogP contribution in [0.3, 0.4) is 0 Å². The topological polar surface area (TPSA) is 46.6 Å². The molecule has 1 rings (SSSR count). The highest BCUT2D eigenvalue weighted by Gasteiger charge is 2.14. The molecule has 0 aliphatic rings. The Hall–Kier alpha value is -1.36. The van der Waals surface area contributed by atoms with Crippen LogP contribution in [0.4, 0.5) is 5.69 Å². The largest absolute Gasteiger partial charge is 0.469 e. The number of methoxy groups -OCH3 is 1. The molecule has 92 valence electrons. The summed E-state index contributed by atoms with van der Waals surface area (Å²) in [6.07, 6.45) is 0.245. The smallest absolute Gasteiger partial charge is 0.306 e. The van der Waals surface area contributed by atoms with Crippen molar-refractivity contribution in [2.75, 3.05) is 19.1 Å². The zero-order valence-corrected chi connectivity index (χ0v) is 11.4. The van der Waals surface area contributed by atoms with E-state index in [9.17, 15) is 9.59 Å². The number of rotatable bonds is 4. The molecule has 0 fully saturated rings. The van der Waals surface area contributed by atoms with Crippen LogP contribution in [0.2, 0.25) is 0 Å². The number of ether oxygens (including phenoxy) is 1. The van der Waals surface area contributed by atoms with Crippen LogP contribution in [0.25, 0.3) is 0 Å². The summed E-state index contributed by atoms with van der Waals surface area (Å²) in [7, 11) is 2.99. The van der Waals surface area contributed by atoms with Crippen molar-refractivity contribution in [3.63, 3.8) is 0 Å². The zero-order chi connectivity index (χ0) is 12.8. The summed E-state index contributed by atoms with van der Waals surface area (Å²) in [4.78, 5) is 24.3. The van der Waals surface area contributed by atoms with Gasteiger partial charge in [0.05, 0.1) is 19.2 Å². The minimum absolute atomic E-state index is 0.101. The van der Waals surface area contributed by atoms with Gasteiger partial charge in [-0.25, -0.2) is 0 Å². The van der Waals surface area contributed by atoms with Crippen LogP contribution in [-0.4, -0.2) is 26.0 Å². The summed E-state index contributed by atoms with van der Waals surface area (Å²) in [5.41, 5.74) is 0.780. The third-order valence-corrected chi connectivity index (χ3v) is 3.03. The first-order chi connectivity index (χ1) is 8.06. The molecule has 0 saturated carbocycles. The van der Waals surface area contributed by atoms with Crippen LogP contribution in [-0.2, 0) is 14.3 Å². The van der Waals surface area contributed by atoms with Crippen molar-refractivity contribution in [3.05, 3.63) is 28.7 Å². The highest BCUT2D eigenvalue weighted by atomic mass is 79.9. The minimum atomic E-state index is -0.376. The van der Waals surface area contributed by atoms with Gasteiger partial charge >= 0.3 is 5.97 Å². The zero-order valence-electron chi connectivity index (χ0n) is 9.77. The van der Waals surface area contributed by atoms with Gasteiger partial charge in [0.15, 0.2) is 0 Å². The first-order valence-corrected chi connectivity index (χ1v) is 5.93. The van der Waals surface area contributed by atoms with Crippen LogP contribution in [0.15, 0.2) is 28.7 Å². The Balaban J connectivity index is 2.64. The van der Waals surface area contributed by atoms with Gasteiger partial charge in [0.1, 0.15) is 0 Å². The van der Waals surface area contributed by atoms with E-state index in [1.54, 1.807) is 7.05 Å². The molecule has 1 aromatic carbocycles. The first-order valence-electron chi connectivity index (χ1n) is 5.14. The van der Waals surface area contributed by atoms with Crippen LogP contribution >= 0.6 is 15.9 Å². The molecule has 0 heterocycles. The first kappa shape index (κ1) is 13.7. The van der Waals surface area contributed by atoms with E-state index in [4.69, 9.17) is 0 Å². The van der Waals surface area contributed by atoms with Gasteiger partial charge < -0.3 is 9.64 Å². The molecule has 0 radical (unpaired) electrons. The molecule has 1 aromatic rings. The molecule has 0 bridgehead atoms. The molecule has 0 N–H and O–H groups in total. The average Bonchev–Trinajstić information content (AvgIpc) is 2.35. The number of anilines is 1. The Bertz CT molecular complexity index is 420. The van der Waals surface area contributed by atoms with Gasteiger partial charge in [-0.05, 0) is 28.1 Å². The second kappa shape index (κ2) is 6.39. The summed E-state index contributed by atoms with van der Waals surface area (Å²) in [6.45, 7) is 0. The van der Waals surface area contributed by atoms with Gasteiger partial charge in [0.25, 0.3) is 0 Å². The fourth-order valence-corrected chi connectivity index (χ4v) is 1.89. The lowest BCUT2D eigenvalue weighted by Crippen LogP contribution is -2.27. The van der Waals surface area contributed by atoms with Crippen molar-refractivity contribution in [2.45, 2.75) is 12.8 Å². The van der Waals surface area contributed by atoms with Gasteiger partial charge in [-0.2, -0.15) is 0 Å². The third-order valence-electron chi connectivity index (χ3n) is 2.36. The van der Waals surface area contributed by atoms with Gasteiger partial charge in [-0.3, -0.25) is 9.59 Å². The highest BCUT2D eigenvalue weighted by Crippen LogP contribution is 2.25. The molecule has 0 saturated heterocycles. The highest BCUT2D eigenvalue weighted by molar-refractivity contribution is 9.10. The molecule has 0 spiro atoms. The van der Waals surface area contributed by atoms with Crippen molar-refractivity contribution in [3.8, 4) is 0 Å². The maximum Gasteiger partial charge on any atom is 0.306 e. The predicted octanol–water partition coefficient (Wildman–Crippen LogP) is 2.37. The molecule has 0 atom stereocenters. The standard InChI is InChI=1S/C12H14BrNO3/c1-14(10-6-4-3-5-9(10)13)11(15)7-8-12(16)17-2/h3-6H,7-8H2,1-2H3. The van der Waals surface area contributed by atoms with E-state index in [0.29, 0.717) is 0 Å². The SMILES string of the molecule is COC(=O)CCC(=O)N(C)c1ccccc1Br. The van der Waals surface area contributed by atoms with E-state index in [-0.39, 0.29) is 24.7 Å². The van der Waals surface area contributed by atoms with Crippen LogP contribution in [0, 0.1) is 0 Å². The van der Waals surface area contributed by atoms with E-state index < -0.39 is 0 Å². The van der Waals surface area contributed by atoms with E-state index in [1.807, 2.05) is 24.3 Å². The Morgan fingerprint density at radius 3 is 2.53 bits per heavy atom. The number of carbonyl (C=O) groups excluding carboxylic acids is 2. The normalized spacial score (nSPS) is 9.82. The molecule has 0 aliphatic carbocycles. The van der Waals surface area contributed by atoms with E-state index >= 15 is 0 Å². The van der Waals surface area contributed by atoms with Crippen molar-refractivity contribution in [2.24, 2.45) is 0 Å². The number of carbonyl (C=O) groups is 2. The number of nitrogens with zero attached hydrogens (tertiary/aromatic N) is 1. The number of benzene rings is 1. The van der Waals surface area contributed by atoms with Gasteiger partial charge in [0, 0.05) is 17.9 Å². The number of hydrogen-bond acceptors (Lipinski definition) is 3. The molecule has 0 aliphatic heterocycles. The molecule has 0 unspecified atom stereocenters. The monoisotopic (exact) mass is 299 g/mol. The number of amides is 1. The van der Waals surface area contributed by atoms with Gasteiger partial charge in [-0.15, -0.1) is 0 Å². The fraction of sp³-hybridized carbons (Fsp3) is 0.333. The van der Waals surface area contributed by atoms with Crippen molar-refractivity contribution in [1.29, 1.82) is 0 Å². The van der Waals surface area contributed by atoms with Crippen molar-refractivity contribution < 1.29 is 14.3 Å². The van der Waals surface area contributed by atoms with E-state index in [2.05, 4.69) is 20.7 Å². The molecule has 17 heavy (non-hydrogen) atoms. The molecule has 5 heteroatoms. The van der Waals surface area contributed by atoms with Crippen LogP contribution in [0.5, 0.6) is 0 Å². The molecule has 1 amide bonds. The Kier molecular flexibility index (Phi) is 5.15. The lowest BCUT2D eigenvalue weighted by Gasteiger charge is -2.18. The van der Waals surface area contributed by atoms with Crippen molar-refractivity contribution >= 4 is 33.5 Å². The Labute approximate surface area is 109 Å². The summed E-state index contributed by atoms with van der Waals surface area (Å²) < 4.78 is 5.33. The molecular weight excluding hydrogens is 286 g/mol. The lowest BCUT2D eigenvalue weighted by atomic mass is 10.2. The Morgan fingerprint density at radius 2 is 1.94 bits per heavy atom. The second-order valence-electron chi connectivity index (χ2n) is 3.48. The summed E-state index contributed by atoms with van der Waals surface area (Å²) in [6, 6.07) is 7.42. The van der Waals surface area contributed by atoms with Crippen LogP contribution < -0.4 is 4.90 Å². The maximum atomic E-state index is 11.8. The van der Waals surface area contributed by atoms with Gasteiger partial charge in [-0.1, -0.05) is 12.1 Å². The summed E-state index contributed by atoms with van der Waals surface area (Å²) in [5, 5.41) is 0. The van der Waals surface area contributed by atoms with E-state index in [1.165, 1.54) is 12.0 Å². The number of hydrogen-bond donors (Lipinski definition) is 0. The fourth-order valence-electron chi connectivity index (χ4n) is 1.34. The van der Waals surface area contributed by atoms with Crippen molar-refractivity contribution in [1.82, 2.24) is 0 Å². The van der Waals surface area contributed by atoms with E-state index in [0.717, 1.165) is 10.2 Å². The second-order valence-corrected chi connectivity index (χ2v) is 4.33. The summed E-state index contributed by atoms with van der Waals surface area (Å²) >= 11 is 3.37. The maximum absolute atomic E-state index is 11.8. The average molecular weight is 300 g/mol. The molecule has 4 nitrogen and oxygen atoms in total. The number of esters is 1. The van der Waals surface area contributed by atoms with Gasteiger partial charge in [0.2, 0.25) is 5.91 Å². The predicted molar refractivity (Wildman–Crippen MR) is 68.8 cm³/mol. The van der Waals surface area contributed by atoms with Crippen LogP contribution in [0.1, 0.15) is 12.8 Å². The molecular formula is C12H14BrNO3. The quantitative estimate of drug-likeness (QED) is 0.802. The minimum Gasteiger partial charge on any atom is -0.469 e. The third kappa shape index (κ3) is 3.85.